The van der Waals surface area contributed by atoms with Gasteiger partial charge in [-0.25, -0.2) is 12.8 Å². The molecule has 4 nitrogen and oxygen atoms in total. The highest BCUT2D eigenvalue weighted by atomic mass is 35.5. The van der Waals surface area contributed by atoms with Crippen LogP contribution in [-0.4, -0.2) is 31.9 Å². The van der Waals surface area contributed by atoms with Crippen molar-refractivity contribution in [3.63, 3.8) is 0 Å². The quantitative estimate of drug-likeness (QED) is 0.904. The molecule has 0 bridgehead atoms. The Kier molecular flexibility index (Phi) is 5.54. The van der Waals surface area contributed by atoms with E-state index in [1.54, 1.807) is 6.92 Å². The summed E-state index contributed by atoms with van der Waals surface area (Å²) in [6, 6.07) is 3.87. The fourth-order valence-electron chi connectivity index (χ4n) is 2.33. The fourth-order valence-corrected chi connectivity index (χ4v) is 4.13. The van der Waals surface area contributed by atoms with Crippen LogP contribution in [0, 0.1) is 18.7 Å². The van der Waals surface area contributed by atoms with Crippen LogP contribution in [0.15, 0.2) is 23.1 Å². The van der Waals surface area contributed by atoms with Gasteiger partial charge in [0, 0.05) is 19.1 Å². The number of piperidine rings is 1. The number of benzene rings is 1. The zero-order chi connectivity index (χ0) is 14.2. The van der Waals surface area contributed by atoms with Gasteiger partial charge in [0.1, 0.15) is 5.82 Å². The fraction of sp³-hybridized carbons (Fsp3) is 0.538. The van der Waals surface area contributed by atoms with Gasteiger partial charge >= 0.3 is 0 Å². The van der Waals surface area contributed by atoms with Crippen LogP contribution in [0.5, 0.6) is 0 Å². The van der Waals surface area contributed by atoms with E-state index in [-0.39, 0.29) is 29.3 Å². The predicted octanol–water partition coefficient (Wildman–Crippen LogP) is 1.91. The maximum Gasteiger partial charge on any atom is 0.243 e. The van der Waals surface area contributed by atoms with Gasteiger partial charge in [0.15, 0.2) is 0 Å². The third-order valence-electron chi connectivity index (χ3n) is 3.70. The zero-order valence-corrected chi connectivity index (χ0v) is 13.2. The largest absolute Gasteiger partial charge is 0.327 e. The van der Waals surface area contributed by atoms with E-state index < -0.39 is 15.8 Å². The first kappa shape index (κ1) is 17.4. The Labute approximate surface area is 125 Å². The number of aryl methyl sites for hydroxylation is 1. The summed E-state index contributed by atoms with van der Waals surface area (Å²) >= 11 is 0. The van der Waals surface area contributed by atoms with Crippen LogP contribution in [-0.2, 0) is 10.0 Å². The smallest absolute Gasteiger partial charge is 0.243 e. The molecule has 1 saturated heterocycles. The molecule has 2 atom stereocenters. The zero-order valence-electron chi connectivity index (χ0n) is 11.5. The molecule has 1 aliphatic rings. The molecule has 0 radical (unpaired) electrons. The second kappa shape index (κ2) is 6.39. The van der Waals surface area contributed by atoms with Gasteiger partial charge in [-0.2, -0.15) is 4.31 Å². The van der Waals surface area contributed by atoms with Crippen LogP contribution in [0.4, 0.5) is 4.39 Å². The topological polar surface area (TPSA) is 63.4 Å². The molecular formula is C13H20ClFN2O2S. The standard InChI is InChI=1S/C13H19FN2O2S.ClH/c1-9-3-4-11(14)7-13(9)19(17,18)16-6-5-12(15)10(2)8-16;/h3-4,7,10,12H,5-6,8,15H2,1-2H3;1H. The number of rotatable bonds is 2. The molecule has 0 aromatic heterocycles. The number of halogens is 2. The van der Waals surface area contributed by atoms with Crippen LogP contribution in [0.25, 0.3) is 0 Å². The molecule has 7 heteroatoms. The summed E-state index contributed by atoms with van der Waals surface area (Å²) in [5.74, 6) is -0.427. The summed E-state index contributed by atoms with van der Waals surface area (Å²) in [6.45, 7) is 4.39. The summed E-state index contributed by atoms with van der Waals surface area (Å²) in [7, 11) is -3.63. The van der Waals surface area contributed by atoms with Gasteiger partial charge in [0.25, 0.3) is 0 Å². The summed E-state index contributed by atoms with van der Waals surface area (Å²) in [6.07, 6.45) is 0.634. The molecule has 20 heavy (non-hydrogen) atoms. The van der Waals surface area contributed by atoms with E-state index in [1.807, 2.05) is 6.92 Å². The van der Waals surface area contributed by atoms with Crippen LogP contribution in [0.3, 0.4) is 0 Å². The predicted molar refractivity (Wildman–Crippen MR) is 78.9 cm³/mol. The van der Waals surface area contributed by atoms with Crippen molar-refractivity contribution in [3.8, 4) is 0 Å². The monoisotopic (exact) mass is 322 g/mol. The second-order valence-electron chi connectivity index (χ2n) is 5.20. The number of nitrogens with two attached hydrogens (primary N) is 1. The van der Waals surface area contributed by atoms with E-state index in [2.05, 4.69) is 0 Å². The Morgan fingerprint density at radius 1 is 1.40 bits per heavy atom. The van der Waals surface area contributed by atoms with Crippen molar-refractivity contribution in [1.82, 2.24) is 4.31 Å². The minimum Gasteiger partial charge on any atom is -0.327 e. The Bertz CT molecular complexity index is 580. The first-order valence-electron chi connectivity index (χ1n) is 6.34. The molecule has 1 heterocycles. The number of nitrogens with zero attached hydrogens (tertiary/aromatic N) is 1. The molecule has 0 spiro atoms. The average Bonchev–Trinajstić information content (AvgIpc) is 2.35. The van der Waals surface area contributed by atoms with Gasteiger partial charge in [0.2, 0.25) is 10.0 Å². The van der Waals surface area contributed by atoms with Gasteiger partial charge in [-0.05, 0) is 37.0 Å². The third-order valence-corrected chi connectivity index (χ3v) is 5.71. The van der Waals surface area contributed by atoms with Crippen molar-refractivity contribution in [1.29, 1.82) is 0 Å². The molecule has 2 unspecified atom stereocenters. The number of sulfonamides is 1. The van der Waals surface area contributed by atoms with E-state index in [4.69, 9.17) is 5.73 Å². The summed E-state index contributed by atoms with van der Waals surface area (Å²) < 4.78 is 39.7. The van der Waals surface area contributed by atoms with Crippen LogP contribution in [0.2, 0.25) is 0 Å². The highest BCUT2D eigenvalue weighted by Crippen LogP contribution is 2.25. The van der Waals surface area contributed by atoms with Gasteiger partial charge < -0.3 is 5.73 Å². The lowest BCUT2D eigenvalue weighted by Crippen LogP contribution is -2.48. The van der Waals surface area contributed by atoms with Crippen LogP contribution in [0.1, 0.15) is 18.9 Å². The van der Waals surface area contributed by atoms with Crippen LogP contribution < -0.4 is 5.73 Å². The van der Waals surface area contributed by atoms with Crippen LogP contribution >= 0.6 is 12.4 Å². The summed E-state index contributed by atoms with van der Waals surface area (Å²) in [5.41, 5.74) is 6.45. The van der Waals surface area contributed by atoms with Crippen molar-refractivity contribution in [2.75, 3.05) is 13.1 Å². The van der Waals surface area contributed by atoms with Crippen molar-refractivity contribution in [3.05, 3.63) is 29.6 Å². The number of hydrogen-bond acceptors (Lipinski definition) is 3. The summed E-state index contributed by atoms with van der Waals surface area (Å²) in [5, 5.41) is 0. The lowest BCUT2D eigenvalue weighted by atomic mass is 9.96. The van der Waals surface area contributed by atoms with Gasteiger partial charge in [0.05, 0.1) is 4.90 Å². The third kappa shape index (κ3) is 3.31. The van der Waals surface area contributed by atoms with Crippen molar-refractivity contribution in [2.45, 2.75) is 31.2 Å². The van der Waals surface area contributed by atoms with E-state index >= 15 is 0 Å². The van der Waals surface area contributed by atoms with Gasteiger partial charge in [-0.1, -0.05) is 13.0 Å². The van der Waals surface area contributed by atoms with Gasteiger partial charge in [-0.15, -0.1) is 12.4 Å². The molecule has 1 aliphatic heterocycles. The molecule has 0 amide bonds. The van der Waals surface area contributed by atoms with Crippen molar-refractivity contribution < 1.29 is 12.8 Å². The molecule has 2 rings (SSSR count). The maximum absolute atomic E-state index is 13.3. The Morgan fingerprint density at radius 2 is 2.05 bits per heavy atom. The lowest BCUT2D eigenvalue weighted by Gasteiger charge is -2.34. The highest BCUT2D eigenvalue weighted by molar-refractivity contribution is 7.89. The second-order valence-corrected chi connectivity index (χ2v) is 7.11. The molecule has 1 fully saturated rings. The first-order chi connectivity index (χ1) is 8.82. The molecule has 1 aromatic rings. The Morgan fingerprint density at radius 3 is 2.65 bits per heavy atom. The first-order valence-corrected chi connectivity index (χ1v) is 7.78. The average molecular weight is 323 g/mol. The maximum atomic E-state index is 13.3. The minimum absolute atomic E-state index is 0. The highest BCUT2D eigenvalue weighted by Gasteiger charge is 2.32. The Balaban J connectivity index is 0.00000200. The molecule has 0 aliphatic carbocycles. The molecular weight excluding hydrogens is 303 g/mol. The normalized spacial score (nSPS) is 24.2. The van der Waals surface area contributed by atoms with E-state index in [9.17, 15) is 12.8 Å². The molecule has 0 saturated carbocycles. The van der Waals surface area contributed by atoms with Crippen molar-refractivity contribution >= 4 is 22.4 Å². The molecule has 114 valence electrons. The molecule has 2 N–H and O–H groups in total. The van der Waals surface area contributed by atoms with E-state index in [1.165, 1.54) is 16.4 Å². The summed E-state index contributed by atoms with van der Waals surface area (Å²) in [4.78, 5) is 0.0511. The van der Waals surface area contributed by atoms with E-state index in [0.29, 0.717) is 25.1 Å². The minimum atomic E-state index is -3.63. The number of hydrogen-bond donors (Lipinski definition) is 1. The Hall–Kier alpha value is -0.690. The molecule has 1 aromatic carbocycles. The SMILES string of the molecule is Cc1ccc(F)cc1S(=O)(=O)N1CCC(N)C(C)C1.Cl. The van der Waals surface area contributed by atoms with Gasteiger partial charge in [-0.3, -0.25) is 0 Å². The van der Waals surface area contributed by atoms with Crippen molar-refractivity contribution in [2.24, 2.45) is 11.7 Å². The lowest BCUT2D eigenvalue weighted by molar-refractivity contribution is 0.250. The van der Waals surface area contributed by atoms with E-state index in [0.717, 1.165) is 6.07 Å².